The van der Waals surface area contributed by atoms with E-state index in [-0.39, 0.29) is 0 Å². The molecule has 0 aromatic heterocycles. The molecule has 0 bridgehead atoms. The van der Waals surface area contributed by atoms with Gasteiger partial charge in [-0.15, -0.1) is 0 Å². The van der Waals surface area contributed by atoms with Crippen LogP contribution in [0.2, 0.25) is 0 Å². The summed E-state index contributed by atoms with van der Waals surface area (Å²) in [5.74, 6) is 0. The molecule has 9 heavy (non-hydrogen) atoms. The van der Waals surface area contributed by atoms with Crippen LogP contribution in [-0.2, 0) is 0 Å². The summed E-state index contributed by atoms with van der Waals surface area (Å²) in [6.45, 7) is 3.75. The summed E-state index contributed by atoms with van der Waals surface area (Å²) in [5.41, 5.74) is -0.491. The number of nitrogens with zero attached hydrogens (tertiary/aromatic N) is 1. The molecule has 1 rings (SSSR count). The molecular weight excluding hydrogens is 110 g/mol. The van der Waals surface area contributed by atoms with Crippen molar-refractivity contribution in [3.05, 3.63) is 31.2 Å². The Morgan fingerprint density at radius 2 is 2.33 bits per heavy atom. The molecule has 0 spiro atoms. The van der Waals surface area contributed by atoms with Gasteiger partial charge in [0.05, 0.1) is 11.5 Å². The summed E-state index contributed by atoms with van der Waals surface area (Å²) < 4.78 is 0. The van der Waals surface area contributed by atoms with Gasteiger partial charge in [0.25, 0.3) is 0 Å². The van der Waals surface area contributed by atoms with E-state index in [1.807, 2.05) is 24.3 Å². The first-order valence-corrected chi connectivity index (χ1v) is 2.88. The van der Waals surface area contributed by atoms with E-state index in [4.69, 9.17) is 5.26 Å². The molecule has 0 amide bonds. The number of nitriles is 1. The van der Waals surface area contributed by atoms with Gasteiger partial charge in [0.15, 0.2) is 0 Å². The van der Waals surface area contributed by atoms with Crippen LogP contribution >= 0.6 is 0 Å². The minimum Gasteiger partial charge on any atom is -0.197 e. The fourth-order valence-corrected chi connectivity index (χ4v) is 0.748. The second-order valence-corrected chi connectivity index (χ2v) is 2.26. The zero-order valence-electron chi connectivity index (χ0n) is 5.17. The van der Waals surface area contributed by atoms with Crippen LogP contribution < -0.4 is 0 Å². The van der Waals surface area contributed by atoms with E-state index in [1.165, 1.54) is 0 Å². The lowest BCUT2D eigenvalue weighted by Crippen LogP contribution is -2.10. The van der Waals surface area contributed by atoms with Crippen LogP contribution in [0.25, 0.3) is 0 Å². The summed E-state index contributed by atoms with van der Waals surface area (Å²) in [6, 6.07) is 2.13. The van der Waals surface area contributed by atoms with Gasteiger partial charge >= 0.3 is 0 Å². The Balaban J connectivity index is 2.77. The third kappa shape index (κ3) is 1.20. The molecule has 0 saturated carbocycles. The van der Waals surface area contributed by atoms with Gasteiger partial charge in [-0.3, -0.25) is 0 Å². The molecule has 1 heteroatoms. The average molecular weight is 118 g/mol. The molecule has 1 unspecified atom stereocenters. The van der Waals surface area contributed by atoms with Gasteiger partial charge in [0, 0.05) is 0 Å². The first-order valence-electron chi connectivity index (χ1n) is 2.88. The highest BCUT2D eigenvalue weighted by molar-refractivity contribution is 5.24. The van der Waals surface area contributed by atoms with Gasteiger partial charge in [-0.25, -0.2) is 0 Å². The number of rotatable bonds is 0. The summed E-state index contributed by atoms with van der Waals surface area (Å²) in [5, 5.41) is 8.55. The van der Waals surface area contributed by atoms with E-state index >= 15 is 0 Å². The number of hydrogen-bond acceptors (Lipinski definition) is 1. The van der Waals surface area contributed by atoms with Crippen molar-refractivity contribution < 1.29 is 0 Å². The van der Waals surface area contributed by atoms with E-state index < -0.39 is 5.41 Å². The molecule has 0 saturated heterocycles. The van der Waals surface area contributed by atoms with Crippen molar-refractivity contribution in [3.63, 3.8) is 0 Å². The fraction of sp³-hybridized carbons (Fsp3) is 0.250. The zero-order valence-corrected chi connectivity index (χ0v) is 5.17. The molecule has 1 atom stereocenters. The fourth-order valence-electron chi connectivity index (χ4n) is 0.748. The van der Waals surface area contributed by atoms with Crippen LogP contribution in [0, 0.1) is 23.7 Å². The summed E-state index contributed by atoms with van der Waals surface area (Å²) in [7, 11) is 0. The summed E-state index contributed by atoms with van der Waals surface area (Å²) >= 11 is 0. The van der Waals surface area contributed by atoms with E-state index in [0.29, 0.717) is 0 Å². The molecule has 0 aromatic rings. The Morgan fingerprint density at radius 3 is 2.67 bits per heavy atom. The second kappa shape index (κ2) is 2.06. The summed E-state index contributed by atoms with van der Waals surface area (Å²) in [6.07, 6.45) is 8.31. The van der Waals surface area contributed by atoms with E-state index in [0.717, 1.165) is 6.42 Å². The van der Waals surface area contributed by atoms with Crippen molar-refractivity contribution in [1.29, 1.82) is 5.26 Å². The van der Waals surface area contributed by atoms with E-state index in [2.05, 4.69) is 13.0 Å². The third-order valence-corrected chi connectivity index (χ3v) is 1.37. The molecule has 1 nitrogen and oxygen atoms in total. The van der Waals surface area contributed by atoms with Crippen molar-refractivity contribution in [3.8, 4) is 6.07 Å². The lowest BCUT2D eigenvalue weighted by molar-refractivity contribution is 0.646. The highest BCUT2D eigenvalue weighted by atomic mass is 14.3. The number of hydrogen-bond donors (Lipinski definition) is 0. The molecule has 0 fully saturated rings. The maximum Gasteiger partial charge on any atom is 0.0791 e. The second-order valence-electron chi connectivity index (χ2n) is 2.26. The van der Waals surface area contributed by atoms with Crippen LogP contribution in [0.1, 0.15) is 6.42 Å². The van der Waals surface area contributed by atoms with Crippen LogP contribution in [-0.4, -0.2) is 0 Å². The van der Waals surface area contributed by atoms with Crippen molar-refractivity contribution >= 4 is 0 Å². The Morgan fingerprint density at radius 1 is 1.56 bits per heavy atom. The lowest BCUT2D eigenvalue weighted by atomic mass is 9.86. The predicted molar refractivity (Wildman–Crippen MR) is 36.3 cm³/mol. The molecular formula is C8H8N. The van der Waals surface area contributed by atoms with Gasteiger partial charge in [-0.1, -0.05) is 24.3 Å². The van der Waals surface area contributed by atoms with Crippen molar-refractivity contribution in [2.75, 3.05) is 0 Å². The predicted octanol–water partition coefficient (Wildman–Crippen LogP) is 1.85. The smallest absolute Gasteiger partial charge is 0.0791 e. The highest BCUT2D eigenvalue weighted by Crippen LogP contribution is 2.24. The maximum absolute atomic E-state index is 8.55. The van der Waals surface area contributed by atoms with E-state index in [1.54, 1.807) is 0 Å². The van der Waals surface area contributed by atoms with Gasteiger partial charge in [0.1, 0.15) is 0 Å². The topological polar surface area (TPSA) is 23.8 Å². The summed E-state index contributed by atoms with van der Waals surface area (Å²) in [4.78, 5) is 0. The molecule has 0 heterocycles. The van der Waals surface area contributed by atoms with Crippen molar-refractivity contribution in [2.24, 2.45) is 5.41 Å². The minimum atomic E-state index is -0.491. The average Bonchev–Trinajstić information content (AvgIpc) is 1.90. The Bertz CT molecular complexity index is 195. The first-order chi connectivity index (χ1) is 4.27. The highest BCUT2D eigenvalue weighted by Gasteiger charge is 2.18. The van der Waals surface area contributed by atoms with Crippen LogP contribution in [0.3, 0.4) is 0 Å². The van der Waals surface area contributed by atoms with Crippen LogP contribution in [0.15, 0.2) is 24.3 Å². The number of allylic oxidation sites excluding steroid dienone is 4. The normalized spacial score (nSPS) is 32.0. The third-order valence-electron chi connectivity index (χ3n) is 1.37. The molecule has 0 aliphatic heterocycles. The van der Waals surface area contributed by atoms with Crippen LogP contribution in [0.5, 0.6) is 0 Å². The minimum absolute atomic E-state index is 0.491. The first kappa shape index (κ1) is 6.10. The van der Waals surface area contributed by atoms with Crippen LogP contribution in [0.4, 0.5) is 0 Å². The molecule has 1 aliphatic rings. The monoisotopic (exact) mass is 118 g/mol. The molecule has 1 aliphatic carbocycles. The van der Waals surface area contributed by atoms with E-state index in [9.17, 15) is 0 Å². The van der Waals surface area contributed by atoms with Crippen molar-refractivity contribution in [2.45, 2.75) is 6.42 Å². The van der Waals surface area contributed by atoms with Gasteiger partial charge in [-0.2, -0.15) is 5.26 Å². The molecule has 45 valence electrons. The lowest BCUT2D eigenvalue weighted by Gasteiger charge is -2.15. The standard InChI is InChI=1S/C8H8N/c1-8(7-9)5-3-2-4-6-8/h2-5H,1,6H2. The van der Waals surface area contributed by atoms with Crippen molar-refractivity contribution in [1.82, 2.24) is 0 Å². The maximum atomic E-state index is 8.55. The Kier molecular flexibility index (Phi) is 1.40. The zero-order chi connectivity index (χ0) is 6.74. The quantitative estimate of drug-likeness (QED) is 0.476. The molecule has 0 aromatic carbocycles. The largest absolute Gasteiger partial charge is 0.197 e. The SMILES string of the molecule is [CH2]C1(C#N)C=CC=CC1. The molecule has 1 radical (unpaired) electrons. The Hall–Kier alpha value is -1.03. The van der Waals surface area contributed by atoms with Gasteiger partial charge in [-0.05, 0) is 13.3 Å². The van der Waals surface area contributed by atoms with Gasteiger partial charge < -0.3 is 0 Å². The Labute approximate surface area is 55.3 Å². The van der Waals surface area contributed by atoms with Gasteiger partial charge in [0.2, 0.25) is 0 Å². The molecule has 0 N–H and O–H groups in total.